The molecule has 0 aliphatic rings. The molecular weight excluding hydrogens is 396 g/mol. The maximum Gasteiger partial charge on any atom is 0.272 e. The number of hydrogen-bond acceptors (Lipinski definition) is 4. The third-order valence-electron chi connectivity index (χ3n) is 4.06. The van der Waals surface area contributed by atoms with Crippen molar-refractivity contribution in [2.75, 3.05) is 11.9 Å². The highest BCUT2D eigenvalue weighted by Crippen LogP contribution is 2.19. The molecule has 30 heavy (non-hydrogen) atoms. The van der Waals surface area contributed by atoms with Gasteiger partial charge in [-0.1, -0.05) is 42.5 Å². The van der Waals surface area contributed by atoms with Crippen LogP contribution < -0.4 is 15.4 Å². The van der Waals surface area contributed by atoms with E-state index in [2.05, 4.69) is 17.2 Å². The first kappa shape index (κ1) is 21.1. The van der Waals surface area contributed by atoms with Gasteiger partial charge in [-0.2, -0.15) is 0 Å². The summed E-state index contributed by atoms with van der Waals surface area (Å²) in [7, 11) is 0. The minimum absolute atomic E-state index is 0.154. The largest absolute Gasteiger partial charge is 0.489 e. The summed E-state index contributed by atoms with van der Waals surface area (Å²) < 4.78 is 5.50. The van der Waals surface area contributed by atoms with Gasteiger partial charge in [0.2, 0.25) is 0 Å². The zero-order valence-electron chi connectivity index (χ0n) is 16.6. The Morgan fingerprint density at radius 1 is 1.10 bits per heavy atom. The molecule has 6 heteroatoms. The minimum atomic E-state index is -0.426. The summed E-state index contributed by atoms with van der Waals surface area (Å²) in [6.45, 7) is 5.90. The van der Waals surface area contributed by atoms with Crippen LogP contribution in [-0.4, -0.2) is 18.4 Å². The standard InChI is InChI=1S/C24H22N2O3S/c1-3-12-29-20-10-5-9-19(15-20)25-24(28)22(16-21-11-6-13-30-21)26-23(27)18-8-4-7-17(2)14-18/h3-11,13-16H,1,12H2,2H3,(H,25,28)(H,26,27)/b22-16-. The van der Waals surface area contributed by atoms with Crippen molar-refractivity contribution in [3.63, 3.8) is 0 Å². The van der Waals surface area contributed by atoms with Crippen LogP contribution in [0.2, 0.25) is 0 Å². The second-order valence-electron chi connectivity index (χ2n) is 6.48. The second-order valence-corrected chi connectivity index (χ2v) is 7.46. The van der Waals surface area contributed by atoms with Gasteiger partial charge in [-0.3, -0.25) is 9.59 Å². The smallest absolute Gasteiger partial charge is 0.272 e. The molecule has 0 saturated carbocycles. The van der Waals surface area contributed by atoms with E-state index in [4.69, 9.17) is 4.74 Å². The van der Waals surface area contributed by atoms with Crippen LogP contribution in [0.4, 0.5) is 5.69 Å². The molecule has 3 aromatic rings. The first-order chi connectivity index (χ1) is 14.5. The molecule has 0 aliphatic heterocycles. The molecule has 0 radical (unpaired) electrons. The van der Waals surface area contributed by atoms with Crippen LogP contribution >= 0.6 is 11.3 Å². The van der Waals surface area contributed by atoms with Gasteiger partial charge in [0.25, 0.3) is 11.8 Å². The van der Waals surface area contributed by atoms with Crippen LogP contribution in [0.25, 0.3) is 6.08 Å². The Kier molecular flexibility index (Phi) is 7.19. The molecule has 0 spiro atoms. The summed E-state index contributed by atoms with van der Waals surface area (Å²) in [5.41, 5.74) is 2.16. The number of rotatable bonds is 8. The number of anilines is 1. The zero-order chi connectivity index (χ0) is 21.3. The predicted molar refractivity (Wildman–Crippen MR) is 122 cm³/mol. The van der Waals surface area contributed by atoms with E-state index in [-0.39, 0.29) is 11.6 Å². The summed E-state index contributed by atoms with van der Waals surface area (Å²) in [5, 5.41) is 7.46. The van der Waals surface area contributed by atoms with Gasteiger partial charge in [-0.15, -0.1) is 11.3 Å². The fourth-order valence-electron chi connectivity index (χ4n) is 2.67. The lowest BCUT2D eigenvalue weighted by atomic mass is 10.1. The van der Waals surface area contributed by atoms with Gasteiger partial charge in [-0.05, 0) is 48.7 Å². The van der Waals surface area contributed by atoms with Crippen molar-refractivity contribution in [1.29, 1.82) is 0 Å². The molecule has 2 N–H and O–H groups in total. The Bertz CT molecular complexity index is 1070. The summed E-state index contributed by atoms with van der Waals surface area (Å²) >= 11 is 1.47. The van der Waals surface area contributed by atoms with E-state index in [0.717, 1.165) is 10.4 Å². The summed E-state index contributed by atoms with van der Waals surface area (Å²) in [5.74, 6) is -0.162. The second kappa shape index (κ2) is 10.2. The molecule has 1 aromatic heterocycles. The third kappa shape index (κ3) is 5.93. The molecular formula is C24H22N2O3S. The Labute approximate surface area is 179 Å². The fourth-order valence-corrected chi connectivity index (χ4v) is 3.33. The monoisotopic (exact) mass is 418 g/mol. The van der Waals surface area contributed by atoms with E-state index in [0.29, 0.717) is 23.6 Å². The van der Waals surface area contributed by atoms with Crippen molar-refractivity contribution in [1.82, 2.24) is 5.32 Å². The molecule has 0 aliphatic carbocycles. The van der Waals surface area contributed by atoms with Crippen molar-refractivity contribution in [3.8, 4) is 5.75 Å². The molecule has 0 fully saturated rings. The van der Waals surface area contributed by atoms with E-state index < -0.39 is 5.91 Å². The maximum absolute atomic E-state index is 13.0. The van der Waals surface area contributed by atoms with Gasteiger partial charge in [0.15, 0.2) is 0 Å². The fraction of sp³-hybridized carbons (Fsp3) is 0.0833. The van der Waals surface area contributed by atoms with Crippen LogP contribution in [0.1, 0.15) is 20.8 Å². The molecule has 1 heterocycles. The van der Waals surface area contributed by atoms with Crippen LogP contribution in [0, 0.1) is 6.92 Å². The number of carbonyl (C=O) groups is 2. The average Bonchev–Trinajstić information content (AvgIpc) is 3.25. The summed E-state index contributed by atoms with van der Waals surface area (Å²) in [6, 6.07) is 18.0. The average molecular weight is 419 g/mol. The van der Waals surface area contributed by atoms with E-state index in [1.807, 2.05) is 36.6 Å². The molecule has 2 aromatic carbocycles. The topological polar surface area (TPSA) is 67.4 Å². The predicted octanol–water partition coefficient (Wildman–Crippen LogP) is 5.03. The van der Waals surface area contributed by atoms with Crippen LogP contribution in [-0.2, 0) is 4.79 Å². The highest BCUT2D eigenvalue weighted by molar-refractivity contribution is 7.10. The number of aryl methyl sites for hydroxylation is 1. The number of ether oxygens (including phenoxy) is 1. The Morgan fingerprint density at radius 3 is 2.67 bits per heavy atom. The first-order valence-corrected chi connectivity index (χ1v) is 10.2. The molecule has 152 valence electrons. The quantitative estimate of drug-likeness (QED) is 0.398. The first-order valence-electron chi connectivity index (χ1n) is 9.33. The molecule has 2 amide bonds. The lowest BCUT2D eigenvalue weighted by Crippen LogP contribution is -2.30. The lowest BCUT2D eigenvalue weighted by molar-refractivity contribution is -0.113. The summed E-state index contributed by atoms with van der Waals surface area (Å²) in [6.07, 6.45) is 3.31. The number of carbonyl (C=O) groups excluding carboxylic acids is 2. The van der Waals surface area contributed by atoms with Crippen molar-refractivity contribution < 1.29 is 14.3 Å². The normalized spacial score (nSPS) is 10.9. The number of thiophene rings is 1. The number of amides is 2. The van der Waals surface area contributed by atoms with E-state index in [1.54, 1.807) is 48.6 Å². The van der Waals surface area contributed by atoms with E-state index in [9.17, 15) is 9.59 Å². The zero-order valence-corrected chi connectivity index (χ0v) is 17.4. The lowest BCUT2D eigenvalue weighted by Gasteiger charge is -2.12. The number of hydrogen-bond donors (Lipinski definition) is 2. The Morgan fingerprint density at radius 2 is 1.93 bits per heavy atom. The molecule has 0 unspecified atom stereocenters. The summed E-state index contributed by atoms with van der Waals surface area (Å²) in [4.78, 5) is 26.5. The Hall–Kier alpha value is -3.64. The molecule has 0 saturated heterocycles. The van der Waals surface area contributed by atoms with Crippen molar-refractivity contribution >= 4 is 34.9 Å². The van der Waals surface area contributed by atoms with Crippen LogP contribution in [0.3, 0.4) is 0 Å². The highest BCUT2D eigenvalue weighted by Gasteiger charge is 2.15. The van der Waals surface area contributed by atoms with Crippen molar-refractivity contribution in [2.24, 2.45) is 0 Å². The van der Waals surface area contributed by atoms with E-state index >= 15 is 0 Å². The molecule has 5 nitrogen and oxygen atoms in total. The number of benzene rings is 2. The van der Waals surface area contributed by atoms with Gasteiger partial charge < -0.3 is 15.4 Å². The SMILES string of the molecule is C=CCOc1cccc(NC(=O)/C(=C/c2cccs2)NC(=O)c2cccc(C)c2)c1. The molecule has 0 bridgehead atoms. The van der Waals surface area contributed by atoms with Crippen LogP contribution in [0.5, 0.6) is 5.75 Å². The van der Waals surface area contributed by atoms with Crippen molar-refractivity contribution in [3.05, 3.63) is 100 Å². The van der Waals surface area contributed by atoms with Crippen LogP contribution in [0.15, 0.2) is 84.4 Å². The number of nitrogens with one attached hydrogen (secondary N) is 2. The molecule has 0 atom stereocenters. The third-order valence-corrected chi connectivity index (χ3v) is 4.88. The van der Waals surface area contributed by atoms with Gasteiger partial charge in [-0.25, -0.2) is 0 Å². The molecule has 3 rings (SSSR count). The Balaban J connectivity index is 1.81. The van der Waals surface area contributed by atoms with Gasteiger partial charge in [0.1, 0.15) is 18.1 Å². The highest BCUT2D eigenvalue weighted by atomic mass is 32.1. The van der Waals surface area contributed by atoms with E-state index in [1.165, 1.54) is 11.3 Å². The van der Waals surface area contributed by atoms with Gasteiger partial charge >= 0.3 is 0 Å². The minimum Gasteiger partial charge on any atom is -0.489 e. The maximum atomic E-state index is 13.0. The van der Waals surface area contributed by atoms with Gasteiger partial charge in [0.05, 0.1) is 0 Å². The van der Waals surface area contributed by atoms with Gasteiger partial charge in [0, 0.05) is 22.2 Å². The van der Waals surface area contributed by atoms with Crippen molar-refractivity contribution in [2.45, 2.75) is 6.92 Å².